The number of hydrogen-bond acceptors (Lipinski definition) is 3. The van der Waals surface area contributed by atoms with Crippen molar-refractivity contribution in [3.05, 3.63) is 0 Å². The molecule has 0 amide bonds. The fraction of sp³-hybridized carbons (Fsp3) is 1.00. The van der Waals surface area contributed by atoms with Gasteiger partial charge in [-0.1, -0.05) is 20.3 Å². The Hall–Kier alpha value is -0.120. The normalized spacial score (nSPS) is 37.2. The molecule has 3 unspecified atom stereocenters. The highest BCUT2D eigenvalue weighted by Crippen LogP contribution is 2.32. The number of nitrogens with one attached hydrogen (secondary N) is 1. The average Bonchev–Trinajstić information content (AvgIpc) is 3.33. The molecule has 3 nitrogen and oxygen atoms in total. The number of nitrogens with zero attached hydrogens (tertiary/aromatic N) is 2. The maximum atomic E-state index is 3.77. The first-order valence-electron chi connectivity index (χ1n) is 9.03. The van der Waals surface area contributed by atoms with E-state index in [2.05, 4.69) is 29.0 Å². The summed E-state index contributed by atoms with van der Waals surface area (Å²) in [5.74, 6) is 0.969. The monoisotopic (exact) mass is 279 g/mol. The molecule has 3 heteroatoms. The summed E-state index contributed by atoms with van der Waals surface area (Å²) in [6.45, 7) is 11.0. The molecule has 0 bridgehead atoms. The maximum absolute atomic E-state index is 3.77. The van der Waals surface area contributed by atoms with Gasteiger partial charge in [-0.15, -0.1) is 0 Å². The molecule has 1 heterocycles. The van der Waals surface area contributed by atoms with Gasteiger partial charge < -0.3 is 5.32 Å². The fourth-order valence-electron chi connectivity index (χ4n) is 4.38. The van der Waals surface area contributed by atoms with Crippen molar-refractivity contribution in [2.75, 3.05) is 32.7 Å². The number of hydrogen-bond donors (Lipinski definition) is 1. The van der Waals surface area contributed by atoms with Crippen molar-refractivity contribution in [2.45, 2.75) is 70.5 Å². The highest BCUT2D eigenvalue weighted by molar-refractivity contribution is 4.94. The second kappa shape index (κ2) is 6.76. The van der Waals surface area contributed by atoms with Crippen LogP contribution in [0, 0.1) is 5.92 Å². The van der Waals surface area contributed by atoms with Gasteiger partial charge in [0.1, 0.15) is 0 Å². The van der Waals surface area contributed by atoms with E-state index in [9.17, 15) is 0 Å². The van der Waals surface area contributed by atoms with Crippen LogP contribution in [-0.2, 0) is 0 Å². The third-order valence-corrected chi connectivity index (χ3v) is 5.85. The topological polar surface area (TPSA) is 18.5 Å². The molecule has 3 atom stereocenters. The van der Waals surface area contributed by atoms with Crippen molar-refractivity contribution in [2.24, 2.45) is 5.92 Å². The van der Waals surface area contributed by atoms with E-state index in [1.165, 1.54) is 64.7 Å². The van der Waals surface area contributed by atoms with Gasteiger partial charge in [-0.05, 0) is 44.6 Å². The molecule has 0 aromatic heterocycles. The minimum absolute atomic E-state index is 0.746. The standard InChI is InChI=1S/C17H33N3/c1-3-14-5-8-16(18-4-2)17(13-14)20-11-9-19(10-12-20)15-6-7-15/h14-18H,3-13H2,1-2H3. The molecule has 0 aromatic rings. The van der Waals surface area contributed by atoms with Crippen LogP contribution >= 0.6 is 0 Å². The lowest BCUT2D eigenvalue weighted by molar-refractivity contribution is 0.0450. The zero-order valence-corrected chi connectivity index (χ0v) is 13.5. The molecule has 1 saturated heterocycles. The second-order valence-electron chi connectivity index (χ2n) is 7.12. The Bertz CT molecular complexity index is 295. The Morgan fingerprint density at radius 1 is 0.900 bits per heavy atom. The molecule has 3 fully saturated rings. The second-order valence-corrected chi connectivity index (χ2v) is 7.12. The van der Waals surface area contributed by atoms with E-state index in [0.717, 1.165) is 30.6 Å². The van der Waals surface area contributed by atoms with Gasteiger partial charge >= 0.3 is 0 Å². The van der Waals surface area contributed by atoms with Gasteiger partial charge in [-0.3, -0.25) is 9.80 Å². The zero-order chi connectivity index (χ0) is 13.9. The predicted octanol–water partition coefficient (Wildman–Crippen LogP) is 2.32. The average molecular weight is 279 g/mol. The van der Waals surface area contributed by atoms with Crippen molar-refractivity contribution < 1.29 is 0 Å². The molecule has 3 rings (SSSR count). The van der Waals surface area contributed by atoms with E-state index in [1.807, 2.05) is 0 Å². The first-order valence-corrected chi connectivity index (χ1v) is 9.03. The van der Waals surface area contributed by atoms with Crippen LogP contribution in [0.3, 0.4) is 0 Å². The number of piperazine rings is 1. The molecule has 116 valence electrons. The van der Waals surface area contributed by atoms with Gasteiger partial charge in [-0.2, -0.15) is 0 Å². The lowest BCUT2D eigenvalue weighted by atomic mass is 9.80. The Balaban J connectivity index is 1.56. The van der Waals surface area contributed by atoms with E-state index in [0.29, 0.717) is 0 Å². The van der Waals surface area contributed by atoms with Crippen molar-refractivity contribution >= 4 is 0 Å². The highest BCUT2D eigenvalue weighted by atomic mass is 15.3. The summed E-state index contributed by atoms with van der Waals surface area (Å²) in [7, 11) is 0. The molecule has 0 radical (unpaired) electrons. The summed E-state index contributed by atoms with van der Waals surface area (Å²) < 4.78 is 0. The Labute approximate surface area is 125 Å². The van der Waals surface area contributed by atoms with Crippen LogP contribution in [0.15, 0.2) is 0 Å². The van der Waals surface area contributed by atoms with Crippen molar-refractivity contribution in [3.8, 4) is 0 Å². The van der Waals surface area contributed by atoms with Crippen LogP contribution in [0.4, 0.5) is 0 Å². The van der Waals surface area contributed by atoms with Crippen molar-refractivity contribution in [1.82, 2.24) is 15.1 Å². The quantitative estimate of drug-likeness (QED) is 0.833. The third kappa shape index (κ3) is 3.37. The smallest absolute Gasteiger partial charge is 0.0253 e. The fourth-order valence-corrected chi connectivity index (χ4v) is 4.38. The SMILES string of the molecule is CCNC1CCC(CC)CC1N1CCN(C2CC2)CC1. The minimum atomic E-state index is 0.746. The van der Waals surface area contributed by atoms with Gasteiger partial charge in [0.05, 0.1) is 0 Å². The van der Waals surface area contributed by atoms with E-state index in [-0.39, 0.29) is 0 Å². The molecule has 3 aliphatic rings. The molecule has 0 spiro atoms. The van der Waals surface area contributed by atoms with Gasteiger partial charge in [-0.25, -0.2) is 0 Å². The van der Waals surface area contributed by atoms with E-state index in [4.69, 9.17) is 0 Å². The summed E-state index contributed by atoms with van der Waals surface area (Å²) in [6.07, 6.45) is 8.55. The lowest BCUT2D eigenvalue weighted by Gasteiger charge is -2.46. The zero-order valence-electron chi connectivity index (χ0n) is 13.5. The van der Waals surface area contributed by atoms with Gasteiger partial charge in [0.2, 0.25) is 0 Å². The van der Waals surface area contributed by atoms with Crippen LogP contribution in [0.2, 0.25) is 0 Å². The predicted molar refractivity (Wildman–Crippen MR) is 85.1 cm³/mol. The Kier molecular flexibility index (Phi) is 5.00. The minimum Gasteiger partial charge on any atom is -0.313 e. The molecule has 1 aliphatic heterocycles. The van der Waals surface area contributed by atoms with Crippen LogP contribution in [-0.4, -0.2) is 60.6 Å². The largest absolute Gasteiger partial charge is 0.313 e. The summed E-state index contributed by atoms with van der Waals surface area (Å²) in [5.41, 5.74) is 0. The Morgan fingerprint density at radius 2 is 1.60 bits per heavy atom. The van der Waals surface area contributed by atoms with Crippen LogP contribution < -0.4 is 5.32 Å². The van der Waals surface area contributed by atoms with E-state index < -0.39 is 0 Å². The van der Waals surface area contributed by atoms with Gasteiger partial charge in [0.15, 0.2) is 0 Å². The molecular weight excluding hydrogens is 246 g/mol. The molecule has 1 N–H and O–H groups in total. The summed E-state index contributed by atoms with van der Waals surface area (Å²) >= 11 is 0. The van der Waals surface area contributed by atoms with E-state index in [1.54, 1.807) is 0 Å². The van der Waals surface area contributed by atoms with Gasteiger partial charge in [0.25, 0.3) is 0 Å². The van der Waals surface area contributed by atoms with Crippen molar-refractivity contribution in [1.29, 1.82) is 0 Å². The molecule has 2 aliphatic carbocycles. The number of rotatable bonds is 5. The number of likely N-dealkylation sites (N-methyl/N-ethyl adjacent to an activating group) is 1. The highest BCUT2D eigenvalue weighted by Gasteiger charge is 2.37. The van der Waals surface area contributed by atoms with Crippen LogP contribution in [0.1, 0.15) is 52.4 Å². The van der Waals surface area contributed by atoms with Gasteiger partial charge in [0, 0.05) is 44.3 Å². The van der Waals surface area contributed by atoms with Crippen LogP contribution in [0.25, 0.3) is 0 Å². The third-order valence-electron chi connectivity index (χ3n) is 5.85. The molecule has 0 aromatic carbocycles. The van der Waals surface area contributed by atoms with Crippen LogP contribution in [0.5, 0.6) is 0 Å². The molecular formula is C17H33N3. The maximum Gasteiger partial charge on any atom is 0.0253 e. The van der Waals surface area contributed by atoms with E-state index >= 15 is 0 Å². The van der Waals surface area contributed by atoms with Crippen molar-refractivity contribution in [3.63, 3.8) is 0 Å². The summed E-state index contributed by atoms with van der Waals surface area (Å²) in [6, 6.07) is 2.50. The first kappa shape index (κ1) is 14.8. The Morgan fingerprint density at radius 3 is 2.20 bits per heavy atom. The first-order chi connectivity index (χ1) is 9.81. The lowest BCUT2D eigenvalue weighted by Crippen LogP contribution is -2.58. The molecule has 20 heavy (non-hydrogen) atoms. The summed E-state index contributed by atoms with van der Waals surface area (Å²) in [5, 5.41) is 3.77. The molecule has 2 saturated carbocycles. The summed E-state index contributed by atoms with van der Waals surface area (Å²) in [4.78, 5) is 5.55.